The summed E-state index contributed by atoms with van der Waals surface area (Å²) in [7, 11) is 0.623. The highest BCUT2D eigenvalue weighted by molar-refractivity contribution is 7.89. The standard InChI is InChI=1S/C19H23FN2O4S.ClH/c1-21-9-10-22(16(13-21)14-7-5-4-6-8-14)27(23,24)19-12-18(26-3)17(25-2)11-15(19)20;/h4-8,11-12,16H,9-10,13H2,1-3H3;1H. The molecule has 1 saturated heterocycles. The Kier molecular flexibility index (Phi) is 7.28. The molecule has 0 spiro atoms. The maximum atomic E-state index is 14.7. The Hall–Kier alpha value is -1.87. The van der Waals surface area contributed by atoms with Gasteiger partial charge in [-0.05, 0) is 12.6 Å². The first kappa shape index (κ1) is 22.4. The van der Waals surface area contributed by atoms with Crippen LogP contribution < -0.4 is 9.47 Å². The molecule has 28 heavy (non-hydrogen) atoms. The van der Waals surface area contributed by atoms with Gasteiger partial charge < -0.3 is 14.4 Å². The summed E-state index contributed by atoms with van der Waals surface area (Å²) in [5, 5.41) is 0. The van der Waals surface area contributed by atoms with Crippen LogP contribution >= 0.6 is 12.4 Å². The quantitative estimate of drug-likeness (QED) is 0.730. The zero-order valence-corrected chi connectivity index (χ0v) is 17.6. The number of hydrogen-bond acceptors (Lipinski definition) is 5. The van der Waals surface area contributed by atoms with Gasteiger partial charge in [-0.25, -0.2) is 12.8 Å². The number of likely N-dealkylation sites (N-methyl/N-ethyl adjacent to an activating group) is 1. The molecule has 1 aliphatic heterocycles. The van der Waals surface area contributed by atoms with E-state index in [-0.39, 0.29) is 30.5 Å². The van der Waals surface area contributed by atoms with Crippen molar-refractivity contribution in [3.05, 3.63) is 53.8 Å². The van der Waals surface area contributed by atoms with E-state index in [4.69, 9.17) is 9.47 Å². The monoisotopic (exact) mass is 430 g/mol. The van der Waals surface area contributed by atoms with Crippen LogP contribution in [-0.4, -0.2) is 58.5 Å². The van der Waals surface area contributed by atoms with E-state index in [0.29, 0.717) is 13.1 Å². The lowest BCUT2D eigenvalue weighted by Gasteiger charge is -2.39. The molecule has 0 aliphatic carbocycles. The summed E-state index contributed by atoms with van der Waals surface area (Å²) in [6.07, 6.45) is 0. The van der Waals surface area contributed by atoms with E-state index >= 15 is 0 Å². The summed E-state index contributed by atoms with van der Waals surface area (Å²) in [5.41, 5.74) is 0.869. The molecule has 0 amide bonds. The molecule has 2 aromatic rings. The van der Waals surface area contributed by atoms with E-state index in [1.165, 1.54) is 24.6 Å². The Balaban J connectivity index is 0.00000280. The SMILES string of the molecule is COc1cc(F)c(S(=O)(=O)N2CCN(C)CC2c2ccccc2)cc1OC.Cl. The number of benzene rings is 2. The molecule has 6 nitrogen and oxygen atoms in total. The number of nitrogens with zero attached hydrogens (tertiary/aromatic N) is 2. The highest BCUT2D eigenvalue weighted by Gasteiger charge is 2.38. The summed E-state index contributed by atoms with van der Waals surface area (Å²) < 4.78 is 52.9. The molecule has 0 saturated carbocycles. The fraction of sp³-hybridized carbons (Fsp3) is 0.368. The third-order valence-electron chi connectivity index (χ3n) is 4.74. The van der Waals surface area contributed by atoms with Gasteiger partial charge in [0.25, 0.3) is 0 Å². The van der Waals surface area contributed by atoms with Gasteiger partial charge in [0.15, 0.2) is 11.5 Å². The van der Waals surface area contributed by atoms with Gasteiger partial charge in [0.05, 0.1) is 20.3 Å². The molecular formula is C19H24ClFN2O4S. The molecular weight excluding hydrogens is 407 g/mol. The maximum Gasteiger partial charge on any atom is 0.246 e. The first-order chi connectivity index (χ1) is 12.9. The molecule has 3 rings (SSSR count). The van der Waals surface area contributed by atoms with Crippen molar-refractivity contribution in [2.24, 2.45) is 0 Å². The summed E-state index contributed by atoms with van der Waals surface area (Å²) in [6, 6.07) is 11.2. The summed E-state index contributed by atoms with van der Waals surface area (Å²) in [4.78, 5) is 1.65. The zero-order valence-electron chi connectivity index (χ0n) is 16.0. The average molecular weight is 431 g/mol. The second kappa shape index (κ2) is 9.09. The summed E-state index contributed by atoms with van der Waals surface area (Å²) >= 11 is 0. The van der Waals surface area contributed by atoms with Crippen molar-refractivity contribution in [1.29, 1.82) is 0 Å². The largest absolute Gasteiger partial charge is 0.493 e. The van der Waals surface area contributed by atoms with Gasteiger partial charge in [-0.15, -0.1) is 12.4 Å². The highest BCUT2D eigenvalue weighted by Crippen LogP contribution is 2.36. The Bertz CT molecular complexity index is 912. The second-order valence-corrected chi connectivity index (χ2v) is 8.30. The van der Waals surface area contributed by atoms with Gasteiger partial charge in [0, 0.05) is 31.8 Å². The summed E-state index contributed by atoms with van der Waals surface area (Å²) in [5.74, 6) is -0.548. The van der Waals surface area contributed by atoms with E-state index in [1.807, 2.05) is 37.4 Å². The second-order valence-electron chi connectivity index (χ2n) is 6.44. The van der Waals surface area contributed by atoms with Crippen LogP contribution in [0, 0.1) is 5.82 Å². The highest BCUT2D eigenvalue weighted by atomic mass is 35.5. The number of methoxy groups -OCH3 is 2. The van der Waals surface area contributed by atoms with Crippen molar-refractivity contribution in [3.63, 3.8) is 0 Å². The van der Waals surface area contributed by atoms with Crippen molar-refractivity contribution in [2.45, 2.75) is 10.9 Å². The number of halogens is 2. The first-order valence-corrected chi connectivity index (χ1v) is 9.99. The lowest BCUT2D eigenvalue weighted by Crippen LogP contribution is -2.49. The van der Waals surface area contributed by atoms with Gasteiger partial charge in [0.1, 0.15) is 10.7 Å². The van der Waals surface area contributed by atoms with E-state index in [0.717, 1.165) is 11.6 Å². The van der Waals surface area contributed by atoms with Crippen molar-refractivity contribution >= 4 is 22.4 Å². The lowest BCUT2D eigenvalue weighted by atomic mass is 10.1. The molecule has 0 radical (unpaired) electrons. The normalized spacial score (nSPS) is 18.4. The molecule has 0 bridgehead atoms. The number of sulfonamides is 1. The topological polar surface area (TPSA) is 59.1 Å². The van der Waals surface area contributed by atoms with Crippen LogP contribution in [0.5, 0.6) is 11.5 Å². The number of ether oxygens (including phenoxy) is 2. The zero-order chi connectivity index (χ0) is 19.6. The Morgan fingerprint density at radius 3 is 2.25 bits per heavy atom. The van der Waals surface area contributed by atoms with Crippen LogP contribution in [0.1, 0.15) is 11.6 Å². The molecule has 0 aromatic heterocycles. The molecule has 154 valence electrons. The van der Waals surface area contributed by atoms with E-state index in [9.17, 15) is 12.8 Å². The van der Waals surface area contributed by atoms with Crippen LogP contribution in [0.15, 0.2) is 47.4 Å². The van der Waals surface area contributed by atoms with Crippen LogP contribution in [0.25, 0.3) is 0 Å². The minimum absolute atomic E-state index is 0. The van der Waals surface area contributed by atoms with Crippen LogP contribution in [0.4, 0.5) is 4.39 Å². The van der Waals surface area contributed by atoms with Gasteiger partial charge in [-0.1, -0.05) is 30.3 Å². The number of hydrogen-bond donors (Lipinski definition) is 0. The fourth-order valence-electron chi connectivity index (χ4n) is 3.30. The number of piperazine rings is 1. The van der Waals surface area contributed by atoms with Crippen molar-refractivity contribution in [1.82, 2.24) is 9.21 Å². The predicted octanol–water partition coefficient (Wildman–Crippen LogP) is 2.94. The molecule has 1 heterocycles. The van der Waals surface area contributed by atoms with E-state index < -0.39 is 26.8 Å². The Morgan fingerprint density at radius 1 is 1.04 bits per heavy atom. The molecule has 9 heteroatoms. The Labute approximate surface area is 171 Å². The van der Waals surface area contributed by atoms with Gasteiger partial charge >= 0.3 is 0 Å². The molecule has 1 aliphatic rings. The smallest absolute Gasteiger partial charge is 0.246 e. The number of rotatable bonds is 5. The molecule has 1 fully saturated rings. The van der Waals surface area contributed by atoms with Gasteiger partial charge in [0.2, 0.25) is 10.0 Å². The summed E-state index contributed by atoms with van der Waals surface area (Å²) in [6.45, 7) is 1.36. The fourth-order valence-corrected chi connectivity index (χ4v) is 4.96. The third kappa shape index (κ3) is 4.25. The third-order valence-corrected chi connectivity index (χ3v) is 6.67. The van der Waals surface area contributed by atoms with Crippen molar-refractivity contribution in [2.75, 3.05) is 40.9 Å². The lowest BCUT2D eigenvalue weighted by molar-refractivity contribution is 0.160. The van der Waals surface area contributed by atoms with Crippen LogP contribution in [-0.2, 0) is 10.0 Å². The first-order valence-electron chi connectivity index (χ1n) is 8.55. The van der Waals surface area contributed by atoms with Crippen molar-refractivity contribution in [3.8, 4) is 11.5 Å². The Morgan fingerprint density at radius 2 is 1.64 bits per heavy atom. The van der Waals surface area contributed by atoms with E-state index in [1.54, 1.807) is 0 Å². The molecule has 2 aromatic carbocycles. The van der Waals surface area contributed by atoms with Crippen LogP contribution in [0.2, 0.25) is 0 Å². The minimum Gasteiger partial charge on any atom is -0.493 e. The minimum atomic E-state index is -4.07. The average Bonchev–Trinajstić information content (AvgIpc) is 2.67. The van der Waals surface area contributed by atoms with Gasteiger partial charge in [-0.3, -0.25) is 0 Å². The van der Waals surface area contributed by atoms with Crippen molar-refractivity contribution < 1.29 is 22.3 Å². The van der Waals surface area contributed by atoms with E-state index in [2.05, 4.69) is 4.90 Å². The molecule has 1 unspecified atom stereocenters. The predicted molar refractivity (Wildman–Crippen MR) is 107 cm³/mol. The van der Waals surface area contributed by atoms with Gasteiger partial charge in [-0.2, -0.15) is 4.31 Å². The maximum absolute atomic E-state index is 14.7. The molecule has 1 atom stereocenters. The molecule has 0 N–H and O–H groups in total. The van der Waals surface area contributed by atoms with Crippen LogP contribution in [0.3, 0.4) is 0 Å².